The lowest BCUT2D eigenvalue weighted by Crippen LogP contribution is -2.36. The van der Waals surface area contributed by atoms with Gasteiger partial charge in [0.15, 0.2) is 11.6 Å². The van der Waals surface area contributed by atoms with Crippen LogP contribution < -0.4 is 4.74 Å². The zero-order valence-corrected chi connectivity index (χ0v) is 11.6. The second-order valence-electron chi connectivity index (χ2n) is 5.32. The number of rotatable bonds is 4. The van der Waals surface area contributed by atoms with Gasteiger partial charge in [0.05, 0.1) is 13.2 Å². The van der Waals surface area contributed by atoms with Gasteiger partial charge in [-0.25, -0.2) is 4.39 Å². The van der Waals surface area contributed by atoms with Crippen molar-refractivity contribution in [2.75, 3.05) is 20.2 Å². The molecule has 2 rings (SSSR count). The van der Waals surface area contributed by atoms with E-state index >= 15 is 0 Å². The summed E-state index contributed by atoms with van der Waals surface area (Å²) in [7, 11) is 1.47. The van der Waals surface area contributed by atoms with Crippen molar-refractivity contribution in [3.63, 3.8) is 0 Å². The summed E-state index contributed by atoms with van der Waals surface area (Å²) in [4.78, 5) is 2.31. The monoisotopic (exact) mass is 267 g/mol. The molecule has 106 valence electrons. The first-order valence-corrected chi connectivity index (χ1v) is 6.83. The average molecular weight is 267 g/mol. The van der Waals surface area contributed by atoms with Crippen LogP contribution in [0, 0.1) is 11.7 Å². The summed E-state index contributed by atoms with van der Waals surface area (Å²) in [5.41, 5.74) is 0.966. The van der Waals surface area contributed by atoms with Crippen LogP contribution in [0.1, 0.15) is 25.3 Å². The molecule has 4 heteroatoms. The normalized spacial score (nSPS) is 19.4. The van der Waals surface area contributed by atoms with Gasteiger partial charge in [0.1, 0.15) is 0 Å². The molecule has 0 saturated carbocycles. The van der Waals surface area contributed by atoms with Crippen LogP contribution >= 0.6 is 0 Å². The van der Waals surface area contributed by atoms with Crippen LogP contribution in [0.15, 0.2) is 18.2 Å². The maximum atomic E-state index is 13.6. The van der Waals surface area contributed by atoms with Gasteiger partial charge in [0.2, 0.25) is 0 Å². The minimum absolute atomic E-state index is 0.222. The Bertz CT molecular complexity index is 415. The van der Waals surface area contributed by atoms with E-state index in [-0.39, 0.29) is 17.7 Å². The quantitative estimate of drug-likeness (QED) is 0.909. The summed E-state index contributed by atoms with van der Waals surface area (Å²) in [5.74, 6) is 0.388. The van der Waals surface area contributed by atoms with E-state index in [2.05, 4.69) is 4.90 Å². The molecule has 0 aromatic heterocycles. The number of nitrogens with zero attached hydrogens (tertiary/aromatic N) is 1. The molecule has 0 radical (unpaired) electrons. The van der Waals surface area contributed by atoms with E-state index in [4.69, 9.17) is 4.74 Å². The fraction of sp³-hybridized carbons (Fsp3) is 0.600. The van der Waals surface area contributed by atoms with Gasteiger partial charge < -0.3 is 9.84 Å². The van der Waals surface area contributed by atoms with Crippen molar-refractivity contribution >= 4 is 0 Å². The van der Waals surface area contributed by atoms with Crippen molar-refractivity contribution in [1.82, 2.24) is 4.90 Å². The highest BCUT2D eigenvalue weighted by atomic mass is 19.1. The summed E-state index contributed by atoms with van der Waals surface area (Å²) < 4.78 is 18.5. The Morgan fingerprint density at radius 2 is 2.11 bits per heavy atom. The minimum atomic E-state index is -0.307. The molecule has 1 unspecified atom stereocenters. The molecule has 0 amide bonds. The second kappa shape index (κ2) is 6.35. The van der Waals surface area contributed by atoms with Crippen molar-refractivity contribution in [3.05, 3.63) is 29.6 Å². The van der Waals surface area contributed by atoms with Crippen LogP contribution in [0.3, 0.4) is 0 Å². The van der Waals surface area contributed by atoms with Crippen LogP contribution in [-0.2, 0) is 6.54 Å². The van der Waals surface area contributed by atoms with Crippen molar-refractivity contribution in [2.24, 2.45) is 5.92 Å². The third-order valence-corrected chi connectivity index (χ3v) is 3.94. The van der Waals surface area contributed by atoms with E-state index in [1.54, 1.807) is 12.1 Å². The zero-order valence-electron chi connectivity index (χ0n) is 11.6. The highest BCUT2D eigenvalue weighted by Gasteiger charge is 2.22. The average Bonchev–Trinajstić information content (AvgIpc) is 2.39. The number of piperidine rings is 1. The highest BCUT2D eigenvalue weighted by Crippen LogP contribution is 2.23. The van der Waals surface area contributed by atoms with Gasteiger partial charge in [0.25, 0.3) is 0 Å². The number of benzene rings is 1. The van der Waals surface area contributed by atoms with Gasteiger partial charge in [-0.15, -0.1) is 0 Å². The highest BCUT2D eigenvalue weighted by molar-refractivity contribution is 5.29. The number of ether oxygens (including phenoxy) is 1. The van der Waals surface area contributed by atoms with Crippen LogP contribution in [0.4, 0.5) is 4.39 Å². The van der Waals surface area contributed by atoms with Crippen LogP contribution in [0.2, 0.25) is 0 Å². The molecule has 1 aliphatic heterocycles. The minimum Gasteiger partial charge on any atom is -0.494 e. The zero-order chi connectivity index (χ0) is 13.8. The lowest BCUT2D eigenvalue weighted by Gasteiger charge is -2.33. The fourth-order valence-corrected chi connectivity index (χ4v) is 2.66. The fourth-order valence-electron chi connectivity index (χ4n) is 2.66. The van der Waals surface area contributed by atoms with Gasteiger partial charge in [-0.3, -0.25) is 4.90 Å². The SMILES string of the molecule is COc1ccc(CN2CCC(C(C)O)CC2)cc1F. The summed E-state index contributed by atoms with van der Waals surface area (Å²) in [6.07, 6.45) is 1.80. The summed E-state index contributed by atoms with van der Waals surface area (Å²) in [6, 6.07) is 5.12. The van der Waals surface area contributed by atoms with Gasteiger partial charge >= 0.3 is 0 Å². The molecule has 0 spiro atoms. The molecule has 1 aromatic carbocycles. The maximum Gasteiger partial charge on any atom is 0.165 e. The Labute approximate surface area is 114 Å². The Hall–Kier alpha value is -1.13. The molecule has 1 N–H and O–H groups in total. The first kappa shape index (κ1) is 14.3. The van der Waals surface area contributed by atoms with Crippen molar-refractivity contribution in [3.8, 4) is 5.75 Å². The Morgan fingerprint density at radius 3 is 2.63 bits per heavy atom. The molecule has 1 saturated heterocycles. The van der Waals surface area contributed by atoms with Gasteiger partial charge in [-0.05, 0) is 56.5 Å². The second-order valence-corrected chi connectivity index (χ2v) is 5.32. The number of halogens is 1. The van der Waals surface area contributed by atoms with Gasteiger partial charge in [-0.1, -0.05) is 6.07 Å². The van der Waals surface area contributed by atoms with Crippen molar-refractivity contribution in [1.29, 1.82) is 0 Å². The van der Waals surface area contributed by atoms with E-state index < -0.39 is 0 Å². The summed E-state index contributed by atoms with van der Waals surface area (Å²) in [6.45, 7) is 4.54. The van der Waals surface area contributed by atoms with Crippen molar-refractivity contribution in [2.45, 2.75) is 32.4 Å². The van der Waals surface area contributed by atoms with E-state index in [0.717, 1.165) is 38.0 Å². The van der Waals surface area contributed by atoms with E-state index in [0.29, 0.717) is 5.92 Å². The molecule has 0 aliphatic carbocycles. The summed E-state index contributed by atoms with van der Waals surface area (Å²) in [5, 5.41) is 9.57. The molecular weight excluding hydrogens is 245 g/mol. The van der Waals surface area contributed by atoms with Crippen LogP contribution in [0.25, 0.3) is 0 Å². The molecule has 1 fully saturated rings. The third kappa shape index (κ3) is 3.67. The Balaban J connectivity index is 1.90. The topological polar surface area (TPSA) is 32.7 Å². The van der Waals surface area contributed by atoms with Crippen LogP contribution in [0.5, 0.6) is 5.75 Å². The predicted octanol–water partition coefficient (Wildman–Crippen LogP) is 2.43. The van der Waals surface area contributed by atoms with Crippen LogP contribution in [-0.4, -0.2) is 36.3 Å². The van der Waals surface area contributed by atoms with E-state index in [1.165, 1.54) is 7.11 Å². The van der Waals surface area contributed by atoms with Crippen molar-refractivity contribution < 1.29 is 14.2 Å². The molecule has 1 aliphatic rings. The predicted molar refractivity (Wildman–Crippen MR) is 72.6 cm³/mol. The van der Waals surface area contributed by atoms with Gasteiger partial charge in [-0.2, -0.15) is 0 Å². The smallest absolute Gasteiger partial charge is 0.165 e. The number of hydrogen-bond acceptors (Lipinski definition) is 3. The Morgan fingerprint density at radius 1 is 1.42 bits per heavy atom. The molecule has 3 nitrogen and oxygen atoms in total. The lowest BCUT2D eigenvalue weighted by molar-refractivity contribution is 0.0695. The Kier molecular flexibility index (Phi) is 4.77. The molecule has 1 heterocycles. The molecule has 0 bridgehead atoms. The van der Waals surface area contributed by atoms with E-state index in [1.807, 2.05) is 13.0 Å². The maximum absolute atomic E-state index is 13.6. The number of methoxy groups -OCH3 is 1. The largest absolute Gasteiger partial charge is 0.494 e. The molecule has 1 aromatic rings. The van der Waals surface area contributed by atoms with Gasteiger partial charge in [0, 0.05) is 6.54 Å². The lowest BCUT2D eigenvalue weighted by atomic mass is 9.92. The first-order chi connectivity index (χ1) is 9.10. The van der Waals surface area contributed by atoms with E-state index in [9.17, 15) is 9.50 Å². The number of aliphatic hydroxyl groups is 1. The number of hydrogen-bond donors (Lipinski definition) is 1. The summed E-state index contributed by atoms with van der Waals surface area (Å²) >= 11 is 0. The number of aliphatic hydroxyl groups excluding tert-OH is 1. The molecule has 1 atom stereocenters. The first-order valence-electron chi connectivity index (χ1n) is 6.83. The molecule has 19 heavy (non-hydrogen) atoms. The number of likely N-dealkylation sites (tertiary alicyclic amines) is 1. The third-order valence-electron chi connectivity index (χ3n) is 3.94. The standard InChI is InChI=1S/C15H22FNO2/c1-11(18)13-5-7-17(8-6-13)10-12-3-4-15(19-2)14(16)9-12/h3-4,9,11,13,18H,5-8,10H2,1-2H3. The molecular formula is C15H22FNO2.